The lowest BCUT2D eigenvalue weighted by molar-refractivity contribution is -0.142. The van der Waals surface area contributed by atoms with E-state index in [1.54, 1.807) is 0 Å². The van der Waals surface area contributed by atoms with Gasteiger partial charge in [-0.05, 0) is 55.8 Å². The minimum atomic E-state index is 0.213. The second-order valence-electron chi connectivity index (χ2n) is 7.86. The maximum absolute atomic E-state index is 12.7. The van der Waals surface area contributed by atoms with E-state index in [-0.39, 0.29) is 6.04 Å². The van der Waals surface area contributed by atoms with Gasteiger partial charge < -0.3 is 15.0 Å². The number of ether oxygens (including phenoxy) is 1. The first-order valence-electron chi connectivity index (χ1n) is 8.77. The SMILES string of the molecule is CN(C(=O)CC1COCCN1)C1C2CC3CC(C2)CC1C3. The fraction of sp³-hybridized carbons (Fsp3) is 0.941. The Labute approximate surface area is 127 Å². The Balaban J connectivity index is 1.39. The van der Waals surface area contributed by atoms with Crippen molar-refractivity contribution in [2.75, 3.05) is 26.8 Å². The van der Waals surface area contributed by atoms with Crippen LogP contribution in [0.4, 0.5) is 0 Å². The molecule has 5 rings (SSSR count). The second kappa shape index (κ2) is 5.54. The predicted molar refractivity (Wildman–Crippen MR) is 80.8 cm³/mol. The quantitative estimate of drug-likeness (QED) is 0.860. The summed E-state index contributed by atoms with van der Waals surface area (Å²) in [6, 6.07) is 0.736. The van der Waals surface area contributed by atoms with E-state index in [0.29, 0.717) is 25.0 Å². The lowest BCUT2D eigenvalue weighted by Gasteiger charge is -2.56. The van der Waals surface area contributed by atoms with Crippen LogP contribution in [0.25, 0.3) is 0 Å². The highest BCUT2D eigenvalue weighted by atomic mass is 16.5. The van der Waals surface area contributed by atoms with Gasteiger partial charge in [-0.2, -0.15) is 0 Å². The Kier molecular flexibility index (Phi) is 3.70. The minimum absolute atomic E-state index is 0.213. The van der Waals surface area contributed by atoms with Gasteiger partial charge in [-0.25, -0.2) is 0 Å². The third-order valence-electron chi connectivity index (χ3n) is 6.44. The maximum atomic E-state index is 12.7. The average molecular weight is 292 g/mol. The summed E-state index contributed by atoms with van der Waals surface area (Å²) >= 11 is 0. The number of hydrogen-bond acceptors (Lipinski definition) is 3. The summed E-state index contributed by atoms with van der Waals surface area (Å²) in [5.74, 6) is 3.83. The zero-order chi connectivity index (χ0) is 14.4. The minimum Gasteiger partial charge on any atom is -0.378 e. The van der Waals surface area contributed by atoms with Crippen molar-refractivity contribution in [2.45, 2.75) is 50.6 Å². The Bertz CT molecular complexity index is 378. The van der Waals surface area contributed by atoms with E-state index in [4.69, 9.17) is 4.74 Å². The Morgan fingerprint density at radius 3 is 2.38 bits per heavy atom. The third kappa shape index (κ3) is 2.61. The molecule has 0 radical (unpaired) electrons. The molecule has 4 nitrogen and oxygen atoms in total. The summed E-state index contributed by atoms with van der Waals surface area (Å²) in [7, 11) is 2.05. The second-order valence-corrected chi connectivity index (χ2v) is 7.86. The molecule has 5 fully saturated rings. The van der Waals surface area contributed by atoms with E-state index in [2.05, 4.69) is 17.3 Å². The van der Waals surface area contributed by atoms with E-state index in [1.165, 1.54) is 32.1 Å². The maximum Gasteiger partial charge on any atom is 0.224 e. The zero-order valence-corrected chi connectivity index (χ0v) is 13.1. The van der Waals surface area contributed by atoms with Crippen molar-refractivity contribution in [3.05, 3.63) is 0 Å². The van der Waals surface area contributed by atoms with Crippen LogP contribution in [-0.2, 0) is 9.53 Å². The fourth-order valence-corrected chi connectivity index (χ4v) is 5.80. The normalized spacial score (nSPS) is 44.8. The van der Waals surface area contributed by atoms with Crippen LogP contribution >= 0.6 is 0 Å². The van der Waals surface area contributed by atoms with Crippen molar-refractivity contribution in [3.8, 4) is 0 Å². The largest absolute Gasteiger partial charge is 0.378 e. The molecule has 21 heavy (non-hydrogen) atoms. The van der Waals surface area contributed by atoms with Crippen LogP contribution in [0.3, 0.4) is 0 Å². The summed E-state index contributed by atoms with van der Waals surface area (Å²) in [4.78, 5) is 14.8. The van der Waals surface area contributed by atoms with Gasteiger partial charge in [0.15, 0.2) is 0 Å². The molecular formula is C17H28N2O2. The van der Waals surface area contributed by atoms with Crippen LogP contribution in [-0.4, -0.2) is 49.7 Å². The Morgan fingerprint density at radius 1 is 1.14 bits per heavy atom. The van der Waals surface area contributed by atoms with Crippen molar-refractivity contribution < 1.29 is 9.53 Å². The molecule has 0 aromatic rings. The van der Waals surface area contributed by atoms with Crippen LogP contribution in [0.2, 0.25) is 0 Å². The van der Waals surface area contributed by atoms with Gasteiger partial charge in [-0.1, -0.05) is 0 Å². The molecule has 4 saturated carbocycles. The standard InChI is InChI=1S/C17H28N2O2/c1-19(16(20)9-15-10-21-3-2-18-15)17-13-5-11-4-12(7-13)8-14(17)6-11/h11-15,17-18H,2-10H2,1H3. The van der Waals surface area contributed by atoms with Gasteiger partial charge in [-0.3, -0.25) is 4.79 Å². The molecular weight excluding hydrogens is 264 g/mol. The first-order valence-corrected chi connectivity index (χ1v) is 8.77. The number of nitrogens with one attached hydrogen (secondary N) is 1. The molecule has 1 unspecified atom stereocenters. The molecule has 5 aliphatic rings. The smallest absolute Gasteiger partial charge is 0.224 e. The van der Waals surface area contributed by atoms with E-state index < -0.39 is 0 Å². The predicted octanol–water partition coefficient (Wildman–Crippen LogP) is 1.65. The van der Waals surface area contributed by atoms with Crippen molar-refractivity contribution in [1.29, 1.82) is 0 Å². The molecule has 1 atom stereocenters. The first-order chi connectivity index (χ1) is 10.2. The number of carbonyl (C=O) groups is 1. The van der Waals surface area contributed by atoms with E-state index in [9.17, 15) is 4.79 Å². The lowest BCUT2D eigenvalue weighted by Crippen LogP contribution is -2.57. The van der Waals surface area contributed by atoms with Gasteiger partial charge in [0.05, 0.1) is 13.2 Å². The number of carbonyl (C=O) groups excluding carboxylic acids is 1. The van der Waals surface area contributed by atoms with Crippen molar-refractivity contribution in [3.63, 3.8) is 0 Å². The molecule has 1 heterocycles. The van der Waals surface area contributed by atoms with Crippen LogP contribution in [0.15, 0.2) is 0 Å². The molecule has 4 heteroatoms. The molecule has 0 spiro atoms. The van der Waals surface area contributed by atoms with E-state index >= 15 is 0 Å². The van der Waals surface area contributed by atoms with E-state index in [0.717, 1.165) is 36.8 Å². The highest BCUT2D eigenvalue weighted by Gasteiger charge is 2.50. The molecule has 0 aromatic heterocycles. The first kappa shape index (κ1) is 14.0. The molecule has 1 aliphatic heterocycles. The summed E-state index contributed by atoms with van der Waals surface area (Å²) < 4.78 is 5.47. The summed E-state index contributed by atoms with van der Waals surface area (Å²) in [5, 5.41) is 3.40. The van der Waals surface area contributed by atoms with Gasteiger partial charge in [-0.15, -0.1) is 0 Å². The molecule has 1 N–H and O–H groups in total. The lowest BCUT2D eigenvalue weighted by atomic mass is 9.54. The molecule has 118 valence electrons. The van der Waals surface area contributed by atoms with Crippen molar-refractivity contribution in [2.24, 2.45) is 23.7 Å². The van der Waals surface area contributed by atoms with Gasteiger partial charge in [0, 0.05) is 32.1 Å². The number of nitrogens with zero attached hydrogens (tertiary/aromatic N) is 1. The molecule has 1 amide bonds. The Morgan fingerprint density at radius 2 is 1.81 bits per heavy atom. The molecule has 4 bridgehead atoms. The van der Waals surface area contributed by atoms with E-state index in [1.807, 2.05) is 0 Å². The summed E-state index contributed by atoms with van der Waals surface area (Å²) in [6.07, 6.45) is 7.57. The number of morpholine rings is 1. The van der Waals surface area contributed by atoms with Gasteiger partial charge >= 0.3 is 0 Å². The summed E-state index contributed by atoms with van der Waals surface area (Å²) in [5.41, 5.74) is 0. The van der Waals surface area contributed by atoms with Gasteiger partial charge in [0.25, 0.3) is 0 Å². The number of rotatable bonds is 3. The van der Waals surface area contributed by atoms with Crippen LogP contribution in [0, 0.1) is 23.7 Å². The van der Waals surface area contributed by atoms with Crippen molar-refractivity contribution >= 4 is 5.91 Å². The Hall–Kier alpha value is -0.610. The molecule has 0 aromatic carbocycles. The third-order valence-corrected chi connectivity index (χ3v) is 6.44. The molecule has 4 aliphatic carbocycles. The topological polar surface area (TPSA) is 41.6 Å². The number of hydrogen-bond donors (Lipinski definition) is 1. The fourth-order valence-electron chi connectivity index (χ4n) is 5.80. The monoisotopic (exact) mass is 292 g/mol. The average Bonchev–Trinajstić information content (AvgIpc) is 2.47. The van der Waals surface area contributed by atoms with Gasteiger partial charge in [0.1, 0.15) is 0 Å². The zero-order valence-electron chi connectivity index (χ0n) is 13.1. The van der Waals surface area contributed by atoms with Crippen LogP contribution in [0.5, 0.6) is 0 Å². The van der Waals surface area contributed by atoms with Gasteiger partial charge in [0.2, 0.25) is 5.91 Å². The highest BCUT2D eigenvalue weighted by molar-refractivity contribution is 5.77. The van der Waals surface area contributed by atoms with Crippen LogP contribution in [0.1, 0.15) is 38.5 Å². The van der Waals surface area contributed by atoms with Crippen molar-refractivity contribution in [1.82, 2.24) is 10.2 Å². The highest BCUT2D eigenvalue weighted by Crippen LogP contribution is 2.55. The summed E-state index contributed by atoms with van der Waals surface area (Å²) in [6.45, 7) is 2.33. The number of amides is 1. The molecule has 1 saturated heterocycles. The van der Waals surface area contributed by atoms with Crippen LogP contribution < -0.4 is 5.32 Å².